The van der Waals surface area contributed by atoms with Crippen molar-refractivity contribution in [1.29, 1.82) is 0 Å². The third kappa shape index (κ3) is 3.70. The molecule has 0 aliphatic heterocycles. The number of hydrogen-bond donors (Lipinski definition) is 3. The minimum absolute atomic E-state index is 0.000487. The highest BCUT2D eigenvalue weighted by molar-refractivity contribution is 5.91. The number of benzene rings is 2. The van der Waals surface area contributed by atoms with Crippen molar-refractivity contribution in [2.75, 3.05) is 11.9 Å². The summed E-state index contributed by atoms with van der Waals surface area (Å²) in [6, 6.07) is 9.60. The van der Waals surface area contributed by atoms with Crippen LogP contribution in [-0.2, 0) is 6.18 Å². The maximum absolute atomic E-state index is 13.0. The number of hydrogen-bond acceptors (Lipinski definition) is 5. The Labute approximate surface area is 147 Å². The molecule has 3 rings (SSSR count). The Morgan fingerprint density at radius 2 is 1.88 bits per heavy atom. The summed E-state index contributed by atoms with van der Waals surface area (Å²) in [4.78, 5) is 8.63. The van der Waals surface area contributed by atoms with Gasteiger partial charge in [0.05, 0.1) is 16.6 Å². The van der Waals surface area contributed by atoms with Crippen molar-refractivity contribution in [2.24, 2.45) is 5.73 Å². The van der Waals surface area contributed by atoms with E-state index in [0.29, 0.717) is 23.3 Å². The van der Waals surface area contributed by atoms with Crippen molar-refractivity contribution in [2.45, 2.75) is 19.1 Å². The van der Waals surface area contributed by atoms with Gasteiger partial charge in [-0.05, 0) is 37.3 Å². The minimum atomic E-state index is -4.53. The van der Waals surface area contributed by atoms with Gasteiger partial charge in [0.25, 0.3) is 0 Å². The second kappa shape index (κ2) is 6.80. The van der Waals surface area contributed by atoms with Crippen LogP contribution in [0.1, 0.15) is 12.5 Å². The normalized spacial score (nSPS) is 13.0. The van der Waals surface area contributed by atoms with Crippen molar-refractivity contribution in [3.05, 3.63) is 48.0 Å². The molecule has 8 heteroatoms. The Morgan fingerprint density at radius 3 is 2.58 bits per heavy atom. The topological polar surface area (TPSA) is 84.1 Å². The van der Waals surface area contributed by atoms with Crippen LogP contribution < -0.4 is 11.1 Å². The quantitative estimate of drug-likeness (QED) is 0.658. The first-order chi connectivity index (χ1) is 12.3. The van der Waals surface area contributed by atoms with Crippen LogP contribution in [0.4, 0.5) is 19.0 Å². The summed E-state index contributed by atoms with van der Waals surface area (Å²) < 4.78 is 39.0. The summed E-state index contributed by atoms with van der Waals surface area (Å²) in [5, 5.41) is 13.8. The second-order valence-electron chi connectivity index (χ2n) is 6.00. The number of rotatable bonds is 4. The van der Waals surface area contributed by atoms with Crippen LogP contribution in [0.3, 0.4) is 0 Å². The molecule has 0 radical (unpaired) electrons. The average molecular weight is 362 g/mol. The molecule has 5 nitrogen and oxygen atoms in total. The van der Waals surface area contributed by atoms with Crippen molar-refractivity contribution < 1.29 is 18.3 Å². The van der Waals surface area contributed by atoms with Gasteiger partial charge in [-0.1, -0.05) is 12.1 Å². The Kier molecular flexibility index (Phi) is 4.69. The van der Waals surface area contributed by atoms with Gasteiger partial charge in [-0.3, -0.25) is 0 Å². The van der Waals surface area contributed by atoms with Gasteiger partial charge in [-0.15, -0.1) is 0 Å². The molecule has 1 heterocycles. The number of fused-ring (bicyclic) bond motifs is 1. The van der Waals surface area contributed by atoms with Gasteiger partial charge < -0.3 is 16.2 Å². The van der Waals surface area contributed by atoms with Crippen LogP contribution in [0.2, 0.25) is 0 Å². The molecule has 0 aliphatic carbocycles. The predicted molar refractivity (Wildman–Crippen MR) is 93.8 cm³/mol. The monoisotopic (exact) mass is 362 g/mol. The fraction of sp³-hybridized carbons (Fsp3) is 0.222. The summed E-state index contributed by atoms with van der Waals surface area (Å²) in [6.07, 6.45) is -4.53. The highest BCUT2D eigenvalue weighted by Gasteiger charge is 2.31. The molecule has 2 aromatic carbocycles. The van der Waals surface area contributed by atoms with Gasteiger partial charge in [0.15, 0.2) is 5.82 Å². The zero-order chi connectivity index (χ0) is 18.9. The van der Waals surface area contributed by atoms with E-state index >= 15 is 0 Å². The molecule has 0 spiro atoms. The first-order valence-electron chi connectivity index (χ1n) is 7.92. The van der Waals surface area contributed by atoms with E-state index in [1.54, 1.807) is 18.2 Å². The van der Waals surface area contributed by atoms with Crippen LogP contribution >= 0.6 is 0 Å². The van der Waals surface area contributed by atoms with Crippen molar-refractivity contribution in [3.63, 3.8) is 0 Å². The summed E-state index contributed by atoms with van der Waals surface area (Å²) in [5.41, 5.74) is 5.33. The van der Waals surface area contributed by atoms with Crippen molar-refractivity contribution in [3.8, 4) is 17.1 Å². The van der Waals surface area contributed by atoms with Gasteiger partial charge in [0.2, 0.25) is 0 Å². The first kappa shape index (κ1) is 17.9. The Bertz CT molecular complexity index is 941. The molecule has 136 valence electrons. The molecule has 4 N–H and O–H groups in total. The van der Waals surface area contributed by atoms with E-state index in [2.05, 4.69) is 15.3 Å². The zero-order valence-electron chi connectivity index (χ0n) is 13.9. The zero-order valence-corrected chi connectivity index (χ0v) is 13.9. The van der Waals surface area contributed by atoms with Crippen LogP contribution in [0.25, 0.3) is 22.3 Å². The molecule has 1 atom stereocenters. The molecule has 0 fully saturated rings. The summed E-state index contributed by atoms with van der Waals surface area (Å²) in [6.45, 7) is 2.24. The number of para-hydroxylation sites is 1. The largest absolute Gasteiger partial charge is 0.507 e. The van der Waals surface area contributed by atoms with E-state index in [-0.39, 0.29) is 23.2 Å². The Hall–Kier alpha value is -2.87. The summed E-state index contributed by atoms with van der Waals surface area (Å²) in [7, 11) is 0. The van der Waals surface area contributed by atoms with Gasteiger partial charge in [-0.2, -0.15) is 13.2 Å². The molecular formula is C18H17F3N4O. The van der Waals surface area contributed by atoms with E-state index < -0.39 is 11.7 Å². The van der Waals surface area contributed by atoms with E-state index in [1.165, 1.54) is 0 Å². The highest BCUT2D eigenvalue weighted by Crippen LogP contribution is 2.36. The van der Waals surface area contributed by atoms with Gasteiger partial charge in [-0.25, -0.2) is 9.97 Å². The van der Waals surface area contributed by atoms with Gasteiger partial charge >= 0.3 is 6.18 Å². The lowest BCUT2D eigenvalue weighted by molar-refractivity contribution is -0.137. The molecule has 0 aliphatic rings. The fourth-order valence-electron chi connectivity index (χ4n) is 2.48. The lowest BCUT2D eigenvalue weighted by atomic mass is 10.1. The first-order valence-corrected chi connectivity index (χ1v) is 7.92. The Morgan fingerprint density at radius 1 is 1.15 bits per heavy atom. The van der Waals surface area contributed by atoms with E-state index in [0.717, 1.165) is 18.2 Å². The number of aromatic nitrogens is 2. The van der Waals surface area contributed by atoms with E-state index in [9.17, 15) is 18.3 Å². The number of anilines is 1. The van der Waals surface area contributed by atoms with Crippen molar-refractivity contribution in [1.82, 2.24) is 9.97 Å². The number of nitrogens with one attached hydrogen (secondary N) is 1. The SMILES string of the molecule is CC(N)CNc1nc(-c2cc(C(F)(F)F)ccc2O)nc2ccccc12. The smallest absolute Gasteiger partial charge is 0.416 e. The van der Waals surface area contributed by atoms with Crippen molar-refractivity contribution >= 4 is 16.7 Å². The predicted octanol–water partition coefficient (Wildman–Crippen LogP) is 3.78. The molecule has 0 bridgehead atoms. The molecule has 0 saturated carbocycles. The number of phenols is 1. The molecule has 0 amide bonds. The number of nitrogens with two attached hydrogens (primary N) is 1. The van der Waals surface area contributed by atoms with Gasteiger partial charge in [0, 0.05) is 18.0 Å². The van der Waals surface area contributed by atoms with Gasteiger partial charge in [0.1, 0.15) is 11.6 Å². The lowest BCUT2D eigenvalue weighted by Crippen LogP contribution is -2.25. The number of phenolic OH excluding ortho intramolecular Hbond substituents is 1. The minimum Gasteiger partial charge on any atom is -0.507 e. The fourth-order valence-corrected chi connectivity index (χ4v) is 2.48. The molecule has 3 aromatic rings. The molecule has 1 aromatic heterocycles. The van der Waals surface area contributed by atoms with Crippen LogP contribution in [0.15, 0.2) is 42.5 Å². The average Bonchev–Trinajstić information content (AvgIpc) is 2.58. The summed E-state index contributed by atoms with van der Waals surface area (Å²) >= 11 is 0. The third-order valence-electron chi connectivity index (χ3n) is 3.76. The molecule has 0 saturated heterocycles. The lowest BCUT2D eigenvalue weighted by Gasteiger charge is -2.14. The van der Waals surface area contributed by atoms with E-state index in [4.69, 9.17) is 5.73 Å². The number of nitrogens with zero attached hydrogens (tertiary/aromatic N) is 2. The summed E-state index contributed by atoms with van der Waals surface area (Å²) in [5.74, 6) is 0.116. The highest BCUT2D eigenvalue weighted by atomic mass is 19.4. The Balaban J connectivity index is 2.16. The van der Waals surface area contributed by atoms with E-state index in [1.807, 2.05) is 13.0 Å². The third-order valence-corrected chi connectivity index (χ3v) is 3.76. The van der Waals surface area contributed by atoms with Crippen LogP contribution in [-0.4, -0.2) is 27.7 Å². The maximum atomic E-state index is 13.0. The maximum Gasteiger partial charge on any atom is 0.416 e. The molecular weight excluding hydrogens is 345 g/mol. The van der Waals surface area contributed by atoms with Crippen LogP contribution in [0.5, 0.6) is 5.75 Å². The number of halogens is 3. The number of aromatic hydroxyl groups is 1. The second-order valence-corrected chi connectivity index (χ2v) is 6.00. The number of alkyl halides is 3. The standard InChI is InChI=1S/C18H17F3N4O/c1-10(22)9-23-16-12-4-2-3-5-14(12)24-17(25-16)13-8-11(18(19,20)21)6-7-15(13)26/h2-8,10,26H,9,22H2,1H3,(H,23,24,25). The van der Waals surface area contributed by atoms with Crippen LogP contribution in [0, 0.1) is 0 Å². The molecule has 26 heavy (non-hydrogen) atoms. The molecule has 1 unspecified atom stereocenters.